The fourth-order valence-electron chi connectivity index (χ4n) is 4.58. The molecule has 0 aromatic heterocycles. The topological polar surface area (TPSA) is 120 Å². The van der Waals surface area contributed by atoms with E-state index in [1.54, 1.807) is 21.0 Å². The van der Waals surface area contributed by atoms with Crippen LogP contribution in [0.5, 0.6) is 0 Å². The molecule has 2 fully saturated rings. The number of urea groups is 1. The Morgan fingerprint density at radius 3 is 2.03 bits per heavy atom. The van der Waals surface area contributed by atoms with Gasteiger partial charge in [0.2, 0.25) is 11.8 Å². The highest BCUT2D eigenvalue weighted by Gasteiger charge is 2.62. The molecule has 4 N–H and O–H groups in total. The Morgan fingerprint density at radius 1 is 1.06 bits per heavy atom. The van der Waals surface area contributed by atoms with Gasteiger partial charge in [0.15, 0.2) is 0 Å². The van der Waals surface area contributed by atoms with Gasteiger partial charge in [-0.1, -0.05) is 27.7 Å². The summed E-state index contributed by atoms with van der Waals surface area (Å²) in [5.74, 6) is -0.437. The molecule has 0 radical (unpaired) electrons. The van der Waals surface area contributed by atoms with Gasteiger partial charge in [0, 0.05) is 14.1 Å². The Balaban J connectivity index is 2.08. The molecule has 0 aromatic carbocycles. The van der Waals surface area contributed by atoms with Crippen molar-refractivity contribution in [1.29, 1.82) is 0 Å². The lowest BCUT2D eigenvalue weighted by molar-refractivity contribution is -0.134. The van der Waals surface area contributed by atoms with Crippen molar-refractivity contribution in [3.8, 4) is 0 Å². The summed E-state index contributed by atoms with van der Waals surface area (Å²) >= 11 is 0. The summed E-state index contributed by atoms with van der Waals surface area (Å²) in [7, 11) is 4.82. The largest absolute Gasteiger partial charge is 0.357 e. The van der Waals surface area contributed by atoms with Crippen molar-refractivity contribution in [2.45, 2.75) is 76.9 Å². The highest BCUT2D eigenvalue weighted by atomic mass is 16.2. The van der Waals surface area contributed by atoms with Crippen LogP contribution >= 0.6 is 0 Å². The van der Waals surface area contributed by atoms with Crippen molar-refractivity contribution in [2.75, 3.05) is 21.1 Å². The molecule has 0 aromatic rings. The SMILES string of the molecule is CNC(=O)C(C)(CC(C)C)N(C)C(=O)NC1(C(=O)NC(=O)C2(NC)C[C@H]2C(C)C)CC1. The van der Waals surface area contributed by atoms with Crippen molar-refractivity contribution in [3.05, 3.63) is 0 Å². The third kappa shape index (κ3) is 4.71. The van der Waals surface area contributed by atoms with Gasteiger partial charge in [0.1, 0.15) is 16.6 Å². The zero-order valence-electron chi connectivity index (χ0n) is 20.1. The molecule has 0 aliphatic heterocycles. The lowest BCUT2D eigenvalue weighted by Crippen LogP contribution is -2.63. The predicted molar refractivity (Wildman–Crippen MR) is 118 cm³/mol. The minimum absolute atomic E-state index is 0.172. The molecule has 0 bridgehead atoms. The minimum atomic E-state index is -1.11. The highest BCUT2D eigenvalue weighted by Crippen LogP contribution is 2.48. The van der Waals surface area contributed by atoms with Gasteiger partial charge in [-0.05, 0) is 57.4 Å². The second-order valence-corrected chi connectivity index (χ2v) is 10.1. The fraction of sp³-hybridized carbons (Fsp3) is 0.818. The van der Waals surface area contributed by atoms with E-state index in [1.807, 2.05) is 13.8 Å². The number of carbonyl (C=O) groups is 4. The van der Waals surface area contributed by atoms with Crippen LogP contribution in [-0.4, -0.2) is 66.4 Å². The molecule has 2 saturated carbocycles. The molecule has 0 spiro atoms. The molecule has 176 valence electrons. The van der Waals surface area contributed by atoms with Crippen LogP contribution < -0.4 is 21.3 Å². The lowest BCUT2D eigenvalue weighted by atomic mass is 9.88. The molecule has 0 saturated heterocycles. The predicted octanol–water partition coefficient (Wildman–Crippen LogP) is 0.988. The number of carbonyl (C=O) groups excluding carboxylic acids is 4. The molecule has 2 rings (SSSR count). The summed E-state index contributed by atoms with van der Waals surface area (Å²) in [6, 6.07) is -0.512. The normalized spacial score (nSPS) is 25.4. The van der Waals surface area contributed by atoms with Gasteiger partial charge in [0.05, 0.1) is 0 Å². The van der Waals surface area contributed by atoms with Crippen LogP contribution in [0.4, 0.5) is 4.79 Å². The Morgan fingerprint density at radius 2 is 1.65 bits per heavy atom. The number of rotatable bonds is 9. The van der Waals surface area contributed by atoms with E-state index in [0.29, 0.717) is 31.6 Å². The average Bonchev–Trinajstić information content (AvgIpc) is 3.60. The van der Waals surface area contributed by atoms with E-state index in [4.69, 9.17) is 0 Å². The molecule has 5 amide bonds. The number of nitrogens with zero attached hydrogens (tertiary/aromatic N) is 1. The van der Waals surface area contributed by atoms with E-state index >= 15 is 0 Å². The van der Waals surface area contributed by atoms with Crippen molar-refractivity contribution < 1.29 is 19.2 Å². The quantitative estimate of drug-likeness (QED) is 0.401. The molecular formula is C22H39N5O4. The van der Waals surface area contributed by atoms with Gasteiger partial charge in [-0.2, -0.15) is 0 Å². The van der Waals surface area contributed by atoms with Crippen LogP contribution in [0.1, 0.15) is 60.3 Å². The van der Waals surface area contributed by atoms with E-state index in [1.165, 1.54) is 11.9 Å². The number of nitrogens with one attached hydrogen (secondary N) is 4. The molecule has 0 heterocycles. The summed E-state index contributed by atoms with van der Waals surface area (Å²) in [4.78, 5) is 52.6. The van der Waals surface area contributed by atoms with Crippen molar-refractivity contribution in [2.24, 2.45) is 17.8 Å². The van der Waals surface area contributed by atoms with Gasteiger partial charge in [-0.25, -0.2) is 4.79 Å². The monoisotopic (exact) mass is 437 g/mol. The van der Waals surface area contributed by atoms with Gasteiger partial charge in [0.25, 0.3) is 5.91 Å². The third-order valence-electron chi connectivity index (χ3n) is 7.00. The highest BCUT2D eigenvalue weighted by molar-refractivity contribution is 6.07. The number of hydrogen-bond acceptors (Lipinski definition) is 5. The first kappa shape index (κ1) is 25.1. The molecule has 2 aliphatic carbocycles. The molecule has 31 heavy (non-hydrogen) atoms. The second kappa shape index (κ2) is 8.76. The number of amides is 5. The summed E-state index contributed by atoms with van der Waals surface area (Å²) in [5, 5.41) is 11.0. The Bertz CT molecular complexity index is 748. The lowest BCUT2D eigenvalue weighted by Gasteiger charge is -2.39. The van der Waals surface area contributed by atoms with E-state index in [9.17, 15) is 19.2 Å². The van der Waals surface area contributed by atoms with Crippen LogP contribution in [0.25, 0.3) is 0 Å². The first-order valence-corrected chi connectivity index (χ1v) is 11.1. The molecule has 3 atom stereocenters. The van der Waals surface area contributed by atoms with Gasteiger partial charge in [-0.15, -0.1) is 0 Å². The Hall–Kier alpha value is -2.16. The van der Waals surface area contributed by atoms with E-state index in [0.717, 1.165) is 0 Å². The zero-order valence-corrected chi connectivity index (χ0v) is 20.1. The van der Waals surface area contributed by atoms with Crippen molar-refractivity contribution in [1.82, 2.24) is 26.2 Å². The smallest absolute Gasteiger partial charge is 0.318 e. The summed E-state index contributed by atoms with van der Waals surface area (Å²) in [6.07, 6.45) is 2.05. The van der Waals surface area contributed by atoms with Gasteiger partial charge < -0.3 is 20.9 Å². The average molecular weight is 438 g/mol. The third-order valence-corrected chi connectivity index (χ3v) is 7.00. The van der Waals surface area contributed by atoms with Gasteiger partial charge >= 0.3 is 6.03 Å². The van der Waals surface area contributed by atoms with Crippen LogP contribution in [0.2, 0.25) is 0 Å². The summed E-state index contributed by atoms with van der Waals surface area (Å²) in [6.45, 7) is 9.78. The Kier molecular flexibility index (Phi) is 7.10. The number of imide groups is 1. The maximum Gasteiger partial charge on any atom is 0.318 e. The minimum Gasteiger partial charge on any atom is -0.357 e. The fourth-order valence-corrected chi connectivity index (χ4v) is 4.58. The van der Waals surface area contributed by atoms with E-state index in [2.05, 4.69) is 35.1 Å². The van der Waals surface area contributed by atoms with Crippen molar-refractivity contribution >= 4 is 23.8 Å². The second-order valence-electron chi connectivity index (χ2n) is 10.1. The van der Waals surface area contributed by atoms with Crippen LogP contribution in [0, 0.1) is 17.8 Å². The number of hydrogen-bond donors (Lipinski definition) is 4. The summed E-state index contributed by atoms with van der Waals surface area (Å²) < 4.78 is 0. The summed E-state index contributed by atoms with van der Waals surface area (Å²) in [5.41, 5.74) is -2.90. The van der Waals surface area contributed by atoms with E-state index < -0.39 is 28.6 Å². The molecule has 2 unspecified atom stereocenters. The van der Waals surface area contributed by atoms with Crippen molar-refractivity contribution in [3.63, 3.8) is 0 Å². The van der Waals surface area contributed by atoms with Crippen LogP contribution in [0.15, 0.2) is 0 Å². The molecule has 9 nitrogen and oxygen atoms in total. The first-order valence-electron chi connectivity index (χ1n) is 11.1. The molecule has 9 heteroatoms. The van der Waals surface area contributed by atoms with Crippen LogP contribution in [0.3, 0.4) is 0 Å². The maximum atomic E-state index is 13.0. The first-order chi connectivity index (χ1) is 14.3. The zero-order chi connectivity index (χ0) is 23.8. The Labute approximate surface area is 185 Å². The standard InChI is InChI=1S/C22H39N5O4/c1-13(2)11-20(5,16(28)23-6)27(8)19(31)26-21(9-10-21)17(29)25-18(30)22(24-7)12-15(22)14(3)4/h13-15,24H,9-12H2,1-8H3,(H,23,28)(H,26,31)(H,25,29,30)/t15-,20?,22?/m0/s1. The number of likely N-dealkylation sites (N-methyl/N-ethyl adjacent to an activating group) is 3. The maximum absolute atomic E-state index is 13.0. The van der Waals surface area contributed by atoms with Gasteiger partial charge in [-0.3, -0.25) is 19.7 Å². The molecule has 2 aliphatic rings. The van der Waals surface area contributed by atoms with Crippen LogP contribution in [-0.2, 0) is 14.4 Å². The van der Waals surface area contributed by atoms with E-state index in [-0.39, 0.29) is 23.7 Å². The molecular weight excluding hydrogens is 398 g/mol.